The van der Waals surface area contributed by atoms with Crippen molar-refractivity contribution >= 4 is 17.3 Å². The van der Waals surface area contributed by atoms with Gasteiger partial charge in [-0.3, -0.25) is 0 Å². The van der Waals surface area contributed by atoms with Gasteiger partial charge in [-0.1, -0.05) is 11.6 Å². The fourth-order valence-corrected chi connectivity index (χ4v) is 3.46. The summed E-state index contributed by atoms with van der Waals surface area (Å²) in [6, 6.07) is 3.32. The Labute approximate surface area is 114 Å². The Kier molecular flexibility index (Phi) is 3.44. The van der Waals surface area contributed by atoms with Gasteiger partial charge in [0, 0.05) is 18.6 Å². The molecule has 2 aliphatic rings. The smallest absolute Gasteiger partial charge is 0.129 e. The van der Waals surface area contributed by atoms with E-state index in [1.807, 2.05) is 12.3 Å². The van der Waals surface area contributed by atoms with Crippen molar-refractivity contribution in [3.63, 3.8) is 0 Å². The number of hydrogen-bond donors (Lipinski definition) is 1. The Morgan fingerprint density at radius 2 is 2.28 bits per heavy atom. The number of anilines is 1. The molecule has 2 saturated heterocycles. The van der Waals surface area contributed by atoms with Crippen molar-refractivity contribution in [2.75, 3.05) is 18.4 Å². The summed E-state index contributed by atoms with van der Waals surface area (Å²) in [7, 11) is 0. The van der Waals surface area contributed by atoms with Crippen LogP contribution in [0.25, 0.3) is 0 Å². The van der Waals surface area contributed by atoms with Crippen LogP contribution in [-0.4, -0.2) is 35.1 Å². The molecule has 98 valence electrons. The first kappa shape index (κ1) is 12.2. The second-order valence-corrected chi connectivity index (χ2v) is 5.91. The third-order valence-electron chi connectivity index (χ3n) is 4.26. The molecule has 0 aliphatic carbocycles. The van der Waals surface area contributed by atoms with E-state index < -0.39 is 0 Å². The number of piperidine rings is 1. The standard InChI is InChI=1S/C14H20ClN3/c1-10-7-14(15)16-9-13(10)17-11-4-6-18-5-2-3-12(18)8-11/h7,9,11-12,17H,2-6,8H2,1H3. The monoisotopic (exact) mass is 265 g/mol. The molecule has 2 unspecified atom stereocenters. The molecule has 0 bridgehead atoms. The van der Waals surface area contributed by atoms with E-state index >= 15 is 0 Å². The molecule has 0 amide bonds. The van der Waals surface area contributed by atoms with Gasteiger partial charge in [0.1, 0.15) is 5.15 Å². The molecule has 18 heavy (non-hydrogen) atoms. The van der Waals surface area contributed by atoms with Gasteiger partial charge in [-0.2, -0.15) is 0 Å². The number of nitrogens with zero attached hydrogens (tertiary/aromatic N) is 2. The Morgan fingerprint density at radius 3 is 3.11 bits per heavy atom. The van der Waals surface area contributed by atoms with Gasteiger partial charge in [0.25, 0.3) is 0 Å². The normalized spacial score (nSPS) is 28.1. The van der Waals surface area contributed by atoms with Gasteiger partial charge in [0.2, 0.25) is 0 Å². The summed E-state index contributed by atoms with van der Waals surface area (Å²) in [5.74, 6) is 0. The number of hydrogen-bond acceptors (Lipinski definition) is 3. The molecule has 2 aliphatic heterocycles. The van der Waals surface area contributed by atoms with Gasteiger partial charge in [0.15, 0.2) is 0 Å². The lowest BCUT2D eigenvalue weighted by Gasteiger charge is -2.35. The van der Waals surface area contributed by atoms with Crippen molar-refractivity contribution in [3.8, 4) is 0 Å². The van der Waals surface area contributed by atoms with E-state index in [9.17, 15) is 0 Å². The second-order valence-electron chi connectivity index (χ2n) is 5.52. The Hall–Kier alpha value is -0.800. The van der Waals surface area contributed by atoms with Crippen molar-refractivity contribution < 1.29 is 0 Å². The number of rotatable bonds is 2. The molecule has 0 radical (unpaired) electrons. The number of aromatic nitrogens is 1. The minimum Gasteiger partial charge on any atom is -0.381 e. The van der Waals surface area contributed by atoms with Crippen molar-refractivity contribution in [2.24, 2.45) is 0 Å². The fourth-order valence-electron chi connectivity index (χ4n) is 3.25. The average Bonchev–Trinajstić information content (AvgIpc) is 2.80. The Balaban J connectivity index is 1.66. The van der Waals surface area contributed by atoms with Crippen molar-refractivity contribution in [1.82, 2.24) is 9.88 Å². The van der Waals surface area contributed by atoms with E-state index in [1.54, 1.807) is 0 Å². The van der Waals surface area contributed by atoms with Crippen LogP contribution in [0, 0.1) is 6.92 Å². The fraction of sp³-hybridized carbons (Fsp3) is 0.643. The summed E-state index contributed by atoms with van der Waals surface area (Å²) in [5, 5.41) is 4.21. The van der Waals surface area contributed by atoms with E-state index in [0.717, 1.165) is 11.7 Å². The predicted molar refractivity (Wildman–Crippen MR) is 75.2 cm³/mol. The lowest BCUT2D eigenvalue weighted by atomic mass is 9.97. The molecule has 0 aromatic carbocycles. The zero-order chi connectivity index (χ0) is 12.5. The maximum atomic E-state index is 5.89. The van der Waals surface area contributed by atoms with Crippen LogP contribution in [0.4, 0.5) is 5.69 Å². The summed E-state index contributed by atoms with van der Waals surface area (Å²) in [4.78, 5) is 6.81. The van der Waals surface area contributed by atoms with E-state index in [2.05, 4.69) is 22.1 Å². The molecule has 2 fully saturated rings. The van der Waals surface area contributed by atoms with Crippen molar-refractivity contribution in [3.05, 3.63) is 23.0 Å². The van der Waals surface area contributed by atoms with Gasteiger partial charge < -0.3 is 10.2 Å². The largest absolute Gasteiger partial charge is 0.381 e. The van der Waals surface area contributed by atoms with Crippen LogP contribution in [0.3, 0.4) is 0 Å². The molecule has 3 heterocycles. The minimum absolute atomic E-state index is 0.573. The SMILES string of the molecule is Cc1cc(Cl)ncc1NC1CCN2CCCC2C1. The maximum Gasteiger partial charge on any atom is 0.129 e. The molecule has 3 nitrogen and oxygen atoms in total. The molecule has 1 N–H and O–H groups in total. The van der Waals surface area contributed by atoms with Gasteiger partial charge in [-0.05, 0) is 50.8 Å². The first-order chi connectivity index (χ1) is 8.72. The highest BCUT2D eigenvalue weighted by molar-refractivity contribution is 6.29. The third kappa shape index (κ3) is 2.47. The third-order valence-corrected chi connectivity index (χ3v) is 4.46. The zero-order valence-electron chi connectivity index (χ0n) is 10.8. The molecular formula is C14H20ClN3. The predicted octanol–water partition coefficient (Wildman–Crippen LogP) is 3.08. The van der Waals surface area contributed by atoms with E-state index in [0.29, 0.717) is 11.2 Å². The average molecular weight is 266 g/mol. The number of halogens is 1. The van der Waals surface area contributed by atoms with Gasteiger partial charge in [-0.25, -0.2) is 4.98 Å². The lowest BCUT2D eigenvalue weighted by molar-refractivity contribution is 0.188. The van der Waals surface area contributed by atoms with Crippen LogP contribution in [0.15, 0.2) is 12.3 Å². The van der Waals surface area contributed by atoms with E-state index in [4.69, 9.17) is 11.6 Å². The highest BCUT2D eigenvalue weighted by Gasteiger charge is 2.31. The number of aryl methyl sites for hydroxylation is 1. The summed E-state index contributed by atoms with van der Waals surface area (Å²) >= 11 is 5.89. The molecule has 2 atom stereocenters. The zero-order valence-corrected chi connectivity index (χ0v) is 11.6. The van der Waals surface area contributed by atoms with Crippen molar-refractivity contribution in [2.45, 2.75) is 44.7 Å². The van der Waals surface area contributed by atoms with Gasteiger partial charge in [0.05, 0.1) is 11.9 Å². The Morgan fingerprint density at radius 1 is 1.39 bits per heavy atom. The molecule has 1 aromatic rings. The van der Waals surface area contributed by atoms with Gasteiger partial charge >= 0.3 is 0 Å². The minimum atomic E-state index is 0.573. The first-order valence-corrected chi connectivity index (χ1v) is 7.23. The van der Waals surface area contributed by atoms with Crippen molar-refractivity contribution in [1.29, 1.82) is 0 Å². The number of nitrogens with one attached hydrogen (secondary N) is 1. The summed E-state index contributed by atoms with van der Waals surface area (Å²) in [6.45, 7) is 4.63. The first-order valence-electron chi connectivity index (χ1n) is 6.85. The number of fused-ring (bicyclic) bond motifs is 1. The summed E-state index contributed by atoms with van der Waals surface area (Å²) < 4.78 is 0. The molecule has 3 rings (SSSR count). The van der Waals surface area contributed by atoms with Crippen LogP contribution in [0.2, 0.25) is 5.15 Å². The second kappa shape index (κ2) is 5.06. The summed E-state index contributed by atoms with van der Waals surface area (Å²) in [6.07, 6.45) is 7.11. The number of pyridine rings is 1. The van der Waals surface area contributed by atoms with Crippen LogP contribution < -0.4 is 5.32 Å². The molecular weight excluding hydrogens is 246 g/mol. The maximum absolute atomic E-state index is 5.89. The van der Waals surface area contributed by atoms with E-state index in [-0.39, 0.29) is 0 Å². The van der Waals surface area contributed by atoms with E-state index in [1.165, 1.54) is 44.3 Å². The molecule has 1 aromatic heterocycles. The summed E-state index contributed by atoms with van der Waals surface area (Å²) in [5.41, 5.74) is 2.32. The van der Waals surface area contributed by atoms with Crippen LogP contribution in [0.1, 0.15) is 31.2 Å². The van der Waals surface area contributed by atoms with Gasteiger partial charge in [-0.15, -0.1) is 0 Å². The van der Waals surface area contributed by atoms with Crippen LogP contribution in [-0.2, 0) is 0 Å². The highest BCUT2D eigenvalue weighted by Crippen LogP contribution is 2.29. The van der Waals surface area contributed by atoms with Crippen LogP contribution >= 0.6 is 11.6 Å². The quantitative estimate of drug-likeness (QED) is 0.833. The Bertz CT molecular complexity index is 435. The molecule has 4 heteroatoms. The van der Waals surface area contributed by atoms with Crippen LogP contribution in [0.5, 0.6) is 0 Å². The lowest BCUT2D eigenvalue weighted by Crippen LogP contribution is -2.42. The highest BCUT2D eigenvalue weighted by atomic mass is 35.5. The topological polar surface area (TPSA) is 28.2 Å². The molecule has 0 spiro atoms. The molecule has 0 saturated carbocycles.